The Morgan fingerprint density at radius 2 is 1.62 bits per heavy atom. The summed E-state index contributed by atoms with van der Waals surface area (Å²) in [7, 11) is 0.262. The quantitative estimate of drug-likeness (QED) is 0.507. The average molecular weight is 479 g/mol. The summed E-state index contributed by atoms with van der Waals surface area (Å²) in [6.07, 6.45) is 3.94. The standard InChI is InChI=1S/C25H30N6O2S/c1-31(2)24-21-8-4-5-9-22(21)29-25(30-24)27-16-18-11-13-19(14-12-18)17-28-34(32,33)23-10-6-3-7-20(23)15-26/h3-10,18-19,28H,11-14,16-17H2,1-2H3,(H,27,29,30). The van der Waals surface area contributed by atoms with Gasteiger partial charge in [-0.3, -0.25) is 0 Å². The molecular weight excluding hydrogens is 448 g/mol. The van der Waals surface area contributed by atoms with Crippen LogP contribution in [0.5, 0.6) is 0 Å². The minimum absolute atomic E-state index is 0.0443. The van der Waals surface area contributed by atoms with Crippen molar-refractivity contribution in [3.63, 3.8) is 0 Å². The highest BCUT2D eigenvalue weighted by Crippen LogP contribution is 2.30. The fourth-order valence-electron chi connectivity index (χ4n) is 4.45. The van der Waals surface area contributed by atoms with Gasteiger partial charge in [-0.15, -0.1) is 0 Å². The van der Waals surface area contributed by atoms with Crippen LogP contribution in [-0.4, -0.2) is 45.6 Å². The maximum absolute atomic E-state index is 12.7. The van der Waals surface area contributed by atoms with Gasteiger partial charge in [0, 0.05) is 32.6 Å². The van der Waals surface area contributed by atoms with Gasteiger partial charge in [-0.2, -0.15) is 10.2 Å². The predicted octanol–water partition coefficient (Wildman–Crippen LogP) is 3.76. The Hall–Kier alpha value is -3.22. The fourth-order valence-corrected chi connectivity index (χ4v) is 5.73. The summed E-state index contributed by atoms with van der Waals surface area (Å²) in [5.41, 5.74) is 1.08. The Labute approximate surface area is 201 Å². The molecule has 1 aliphatic rings. The first kappa shape index (κ1) is 23.9. The molecule has 1 aliphatic carbocycles. The molecule has 1 aromatic heterocycles. The largest absolute Gasteiger partial charge is 0.362 e. The SMILES string of the molecule is CN(C)c1nc(NCC2CCC(CNS(=O)(=O)c3ccccc3C#N)CC2)nc2ccccc12. The van der Waals surface area contributed by atoms with E-state index in [-0.39, 0.29) is 16.4 Å². The second-order valence-corrected chi connectivity index (χ2v) is 10.7. The fraction of sp³-hybridized carbons (Fsp3) is 0.400. The Morgan fingerprint density at radius 1 is 0.971 bits per heavy atom. The van der Waals surface area contributed by atoms with Crippen molar-refractivity contribution >= 4 is 32.7 Å². The number of sulfonamides is 1. The maximum atomic E-state index is 12.7. The number of fused-ring (bicyclic) bond motifs is 1. The third kappa shape index (κ3) is 5.46. The lowest BCUT2D eigenvalue weighted by Crippen LogP contribution is -2.32. The van der Waals surface area contributed by atoms with Gasteiger partial charge in [-0.25, -0.2) is 18.1 Å². The van der Waals surface area contributed by atoms with Crippen molar-refractivity contribution in [3.8, 4) is 6.07 Å². The van der Waals surface area contributed by atoms with Crippen molar-refractivity contribution in [2.45, 2.75) is 30.6 Å². The molecule has 1 heterocycles. The van der Waals surface area contributed by atoms with E-state index in [2.05, 4.69) is 15.0 Å². The third-order valence-electron chi connectivity index (χ3n) is 6.38. The second kappa shape index (κ2) is 10.4. The van der Waals surface area contributed by atoms with E-state index in [0.717, 1.165) is 48.9 Å². The molecule has 4 rings (SSSR count). The van der Waals surface area contributed by atoms with Crippen molar-refractivity contribution in [1.29, 1.82) is 5.26 Å². The number of aromatic nitrogens is 2. The van der Waals surface area contributed by atoms with Crippen LogP contribution in [0.4, 0.5) is 11.8 Å². The minimum atomic E-state index is -3.70. The lowest BCUT2D eigenvalue weighted by Gasteiger charge is -2.28. The molecule has 3 aromatic rings. The number of nitrogens with one attached hydrogen (secondary N) is 2. The van der Waals surface area contributed by atoms with Gasteiger partial charge in [0.2, 0.25) is 16.0 Å². The maximum Gasteiger partial charge on any atom is 0.241 e. The van der Waals surface area contributed by atoms with E-state index >= 15 is 0 Å². The van der Waals surface area contributed by atoms with E-state index in [1.54, 1.807) is 12.1 Å². The van der Waals surface area contributed by atoms with Crippen LogP contribution in [0, 0.1) is 23.2 Å². The van der Waals surface area contributed by atoms with Gasteiger partial charge in [0.05, 0.1) is 16.0 Å². The van der Waals surface area contributed by atoms with Crippen LogP contribution in [0.25, 0.3) is 10.9 Å². The van der Waals surface area contributed by atoms with Gasteiger partial charge >= 0.3 is 0 Å². The monoisotopic (exact) mass is 478 g/mol. The molecule has 0 aliphatic heterocycles. The Kier molecular flexibility index (Phi) is 7.29. The van der Waals surface area contributed by atoms with Gasteiger partial charge in [0.1, 0.15) is 11.9 Å². The number of benzene rings is 2. The average Bonchev–Trinajstić information content (AvgIpc) is 2.86. The molecule has 178 valence electrons. The minimum Gasteiger partial charge on any atom is -0.362 e. The molecule has 9 heteroatoms. The molecule has 2 aromatic carbocycles. The number of nitriles is 1. The molecular formula is C25H30N6O2S. The van der Waals surface area contributed by atoms with E-state index in [1.165, 1.54) is 12.1 Å². The van der Waals surface area contributed by atoms with Crippen molar-refractivity contribution in [3.05, 3.63) is 54.1 Å². The zero-order valence-corrected chi connectivity index (χ0v) is 20.3. The number of rotatable bonds is 8. The lowest BCUT2D eigenvalue weighted by atomic mass is 9.82. The molecule has 0 spiro atoms. The van der Waals surface area contributed by atoms with Crippen LogP contribution in [0.3, 0.4) is 0 Å². The molecule has 0 amide bonds. The highest BCUT2D eigenvalue weighted by atomic mass is 32.2. The van der Waals surface area contributed by atoms with Gasteiger partial charge in [-0.1, -0.05) is 24.3 Å². The molecule has 0 bridgehead atoms. The van der Waals surface area contributed by atoms with E-state index in [0.29, 0.717) is 18.4 Å². The van der Waals surface area contributed by atoms with Crippen LogP contribution >= 0.6 is 0 Å². The van der Waals surface area contributed by atoms with Crippen molar-refractivity contribution in [2.75, 3.05) is 37.4 Å². The smallest absolute Gasteiger partial charge is 0.241 e. The first-order valence-corrected chi connectivity index (χ1v) is 13.0. The van der Waals surface area contributed by atoms with Crippen molar-refractivity contribution < 1.29 is 8.42 Å². The molecule has 0 unspecified atom stereocenters. The zero-order chi connectivity index (χ0) is 24.1. The van der Waals surface area contributed by atoms with Gasteiger partial charge in [0.25, 0.3) is 0 Å². The molecule has 1 fully saturated rings. The number of anilines is 2. The molecule has 2 N–H and O–H groups in total. The Morgan fingerprint density at radius 3 is 2.32 bits per heavy atom. The third-order valence-corrected chi connectivity index (χ3v) is 7.86. The van der Waals surface area contributed by atoms with Gasteiger partial charge < -0.3 is 10.2 Å². The highest BCUT2D eigenvalue weighted by Gasteiger charge is 2.24. The van der Waals surface area contributed by atoms with E-state index in [4.69, 9.17) is 4.98 Å². The number of para-hydroxylation sites is 1. The Balaban J connectivity index is 1.30. The topological polar surface area (TPSA) is 111 Å². The summed E-state index contributed by atoms with van der Waals surface area (Å²) in [4.78, 5) is 11.4. The lowest BCUT2D eigenvalue weighted by molar-refractivity contribution is 0.284. The van der Waals surface area contributed by atoms with Gasteiger partial charge in [0.15, 0.2) is 0 Å². The molecule has 1 saturated carbocycles. The predicted molar refractivity (Wildman–Crippen MR) is 134 cm³/mol. The summed E-state index contributed by atoms with van der Waals surface area (Å²) >= 11 is 0. The number of hydrogen-bond acceptors (Lipinski definition) is 7. The van der Waals surface area contributed by atoms with Gasteiger partial charge in [-0.05, 0) is 61.8 Å². The Bertz CT molecular complexity index is 1290. The second-order valence-electron chi connectivity index (χ2n) is 9.01. The number of hydrogen-bond donors (Lipinski definition) is 2. The summed E-state index contributed by atoms with van der Waals surface area (Å²) in [5.74, 6) is 2.30. The number of nitrogens with zero attached hydrogens (tertiary/aromatic N) is 4. The van der Waals surface area contributed by atoms with Crippen LogP contribution in [0.2, 0.25) is 0 Å². The first-order valence-electron chi connectivity index (χ1n) is 11.5. The van der Waals surface area contributed by atoms with Crippen LogP contribution in [0.15, 0.2) is 53.4 Å². The van der Waals surface area contributed by atoms with Crippen LogP contribution in [-0.2, 0) is 10.0 Å². The van der Waals surface area contributed by atoms with Crippen LogP contribution in [0.1, 0.15) is 31.2 Å². The van der Waals surface area contributed by atoms with Crippen molar-refractivity contribution in [2.24, 2.45) is 11.8 Å². The van der Waals surface area contributed by atoms with E-state index in [9.17, 15) is 13.7 Å². The molecule has 0 atom stereocenters. The molecule has 0 saturated heterocycles. The van der Waals surface area contributed by atoms with E-state index in [1.807, 2.05) is 49.3 Å². The molecule has 34 heavy (non-hydrogen) atoms. The highest BCUT2D eigenvalue weighted by molar-refractivity contribution is 7.89. The van der Waals surface area contributed by atoms with Crippen molar-refractivity contribution in [1.82, 2.24) is 14.7 Å². The first-order chi connectivity index (χ1) is 16.4. The summed E-state index contributed by atoms with van der Waals surface area (Å²) < 4.78 is 28.0. The summed E-state index contributed by atoms with van der Waals surface area (Å²) in [6.45, 7) is 1.18. The normalized spacial score (nSPS) is 18.4. The summed E-state index contributed by atoms with van der Waals surface area (Å²) in [5, 5.41) is 13.6. The zero-order valence-electron chi connectivity index (χ0n) is 19.5. The van der Waals surface area contributed by atoms with E-state index < -0.39 is 10.0 Å². The van der Waals surface area contributed by atoms with Crippen LogP contribution < -0.4 is 14.9 Å². The molecule has 0 radical (unpaired) electrons. The molecule has 8 nitrogen and oxygen atoms in total. The summed E-state index contributed by atoms with van der Waals surface area (Å²) in [6, 6.07) is 16.2.